The molecule has 1 aliphatic rings. The predicted octanol–water partition coefficient (Wildman–Crippen LogP) is 3.68. The van der Waals surface area contributed by atoms with Crippen LogP contribution in [0.2, 0.25) is 0 Å². The van der Waals surface area contributed by atoms with Gasteiger partial charge in [0.25, 0.3) is 0 Å². The fourth-order valence-corrected chi connectivity index (χ4v) is 3.49. The lowest BCUT2D eigenvalue weighted by molar-refractivity contribution is -0.139. The van der Waals surface area contributed by atoms with E-state index in [0.29, 0.717) is 24.7 Å². The average Bonchev–Trinajstić information content (AvgIpc) is 2.61. The molecule has 8 heteroatoms. The summed E-state index contributed by atoms with van der Waals surface area (Å²) in [6.07, 6.45) is 1.38. The van der Waals surface area contributed by atoms with E-state index in [1.165, 1.54) is 7.11 Å². The third-order valence-electron chi connectivity index (χ3n) is 4.36. The summed E-state index contributed by atoms with van der Waals surface area (Å²) in [7, 11) is 2.91. The number of likely N-dealkylation sites (tertiary alicyclic amines) is 1. The quantitative estimate of drug-likeness (QED) is 0.661. The number of piperidine rings is 1. The highest BCUT2D eigenvalue weighted by atomic mass is 79.9. The van der Waals surface area contributed by atoms with E-state index in [9.17, 15) is 9.59 Å². The number of halogens is 1. The van der Waals surface area contributed by atoms with Crippen molar-refractivity contribution in [3.05, 3.63) is 21.8 Å². The first kappa shape index (κ1) is 21.5. The van der Waals surface area contributed by atoms with Crippen LogP contribution < -0.4 is 4.74 Å². The highest BCUT2D eigenvalue weighted by molar-refractivity contribution is 9.10. The van der Waals surface area contributed by atoms with Crippen molar-refractivity contribution in [2.75, 3.05) is 27.3 Å². The molecule has 1 aromatic rings. The minimum absolute atomic E-state index is 0.0742. The van der Waals surface area contributed by atoms with Crippen molar-refractivity contribution in [1.29, 1.82) is 0 Å². The van der Waals surface area contributed by atoms with Crippen molar-refractivity contribution >= 4 is 28.0 Å². The maximum Gasteiger partial charge on any atom is 0.410 e. The molecular formula is C19H27BrN2O5. The predicted molar refractivity (Wildman–Crippen MR) is 104 cm³/mol. The lowest BCUT2D eigenvalue weighted by atomic mass is 9.90. The molecule has 150 valence electrons. The van der Waals surface area contributed by atoms with Crippen LogP contribution in [-0.4, -0.2) is 54.9 Å². The molecule has 0 N–H and O–H groups in total. The SMILES string of the molecule is COC(=O)Cc1nc(OC)c(C2CCN(C(=O)OC(C)(C)C)CC2)cc1Br. The van der Waals surface area contributed by atoms with Crippen molar-refractivity contribution in [3.63, 3.8) is 0 Å². The van der Waals surface area contributed by atoms with Gasteiger partial charge in [0.2, 0.25) is 5.88 Å². The number of carbonyl (C=O) groups excluding carboxylic acids is 2. The maximum absolute atomic E-state index is 12.2. The summed E-state index contributed by atoms with van der Waals surface area (Å²) in [5.74, 6) is 0.367. The smallest absolute Gasteiger partial charge is 0.410 e. The number of amides is 1. The van der Waals surface area contributed by atoms with Gasteiger partial charge >= 0.3 is 12.1 Å². The van der Waals surface area contributed by atoms with E-state index in [1.54, 1.807) is 12.0 Å². The molecule has 1 aliphatic heterocycles. The van der Waals surface area contributed by atoms with Crippen LogP contribution in [0.5, 0.6) is 5.88 Å². The number of pyridine rings is 1. The molecule has 0 saturated carbocycles. The van der Waals surface area contributed by atoms with Gasteiger partial charge < -0.3 is 19.1 Å². The van der Waals surface area contributed by atoms with Crippen molar-refractivity contribution in [1.82, 2.24) is 9.88 Å². The van der Waals surface area contributed by atoms with Gasteiger partial charge in [0.1, 0.15) is 5.60 Å². The third kappa shape index (κ3) is 5.82. The van der Waals surface area contributed by atoms with Gasteiger partial charge in [-0.1, -0.05) is 0 Å². The van der Waals surface area contributed by atoms with Crippen LogP contribution in [0.1, 0.15) is 50.8 Å². The van der Waals surface area contributed by atoms with Crippen LogP contribution in [-0.2, 0) is 20.7 Å². The van der Waals surface area contributed by atoms with Gasteiger partial charge in [0.05, 0.1) is 26.3 Å². The topological polar surface area (TPSA) is 78.0 Å². The molecule has 0 aliphatic carbocycles. The van der Waals surface area contributed by atoms with Gasteiger partial charge in [0.15, 0.2) is 0 Å². The minimum Gasteiger partial charge on any atom is -0.481 e. The zero-order chi connectivity index (χ0) is 20.2. The van der Waals surface area contributed by atoms with Crippen LogP contribution in [0.3, 0.4) is 0 Å². The van der Waals surface area contributed by atoms with Gasteiger partial charge in [-0.3, -0.25) is 4.79 Å². The van der Waals surface area contributed by atoms with Crippen LogP contribution in [0, 0.1) is 0 Å². The van der Waals surface area contributed by atoms with E-state index in [2.05, 4.69) is 20.9 Å². The number of rotatable bonds is 4. The van der Waals surface area contributed by atoms with E-state index in [-0.39, 0.29) is 24.4 Å². The summed E-state index contributed by atoms with van der Waals surface area (Å²) < 4.78 is 16.4. The Morgan fingerprint density at radius 3 is 2.41 bits per heavy atom. The summed E-state index contributed by atoms with van der Waals surface area (Å²) in [6, 6.07) is 1.96. The molecule has 0 bridgehead atoms. The zero-order valence-corrected chi connectivity index (χ0v) is 18.1. The number of nitrogens with zero attached hydrogens (tertiary/aromatic N) is 2. The number of aromatic nitrogens is 1. The van der Waals surface area contributed by atoms with Crippen LogP contribution in [0.4, 0.5) is 4.79 Å². The highest BCUT2D eigenvalue weighted by Crippen LogP contribution is 2.36. The Morgan fingerprint density at radius 2 is 1.89 bits per heavy atom. The highest BCUT2D eigenvalue weighted by Gasteiger charge is 2.29. The number of esters is 1. The molecule has 0 unspecified atom stereocenters. The molecule has 0 aromatic carbocycles. The average molecular weight is 443 g/mol. The first-order valence-electron chi connectivity index (χ1n) is 8.92. The second kappa shape index (κ2) is 8.91. The number of hydrogen-bond acceptors (Lipinski definition) is 6. The number of carbonyl (C=O) groups is 2. The molecule has 1 fully saturated rings. The summed E-state index contributed by atoms with van der Waals surface area (Å²) in [4.78, 5) is 30.0. The maximum atomic E-state index is 12.2. The first-order chi connectivity index (χ1) is 12.6. The summed E-state index contributed by atoms with van der Waals surface area (Å²) in [6.45, 7) is 6.82. The van der Waals surface area contributed by atoms with E-state index in [0.717, 1.165) is 22.9 Å². The monoisotopic (exact) mass is 442 g/mol. The molecule has 7 nitrogen and oxygen atoms in total. The van der Waals surface area contributed by atoms with Gasteiger partial charge in [-0.05, 0) is 61.5 Å². The number of methoxy groups -OCH3 is 2. The molecule has 2 heterocycles. The van der Waals surface area contributed by atoms with Gasteiger partial charge in [-0.15, -0.1) is 0 Å². The number of ether oxygens (including phenoxy) is 3. The van der Waals surface area contributed by atoms with Crippen molar-refractivity contribution in [3.8, 4) is 5.88 Å². The molecule has 1 saturated heterocycles. The largest absolute Gasteiger partial charge is 0.481 e. The van der Waals surface area contributed by atoms with Crippen molar-refractivity contribution < 1.29 is 23.8 Å². The Kier molecular flexibility index (Phi) is 7.08. The number of hydrogen-bond donors (Lipinski definition) is 0. The van der Waals surface area contributed by atoms with Gasteiger partial charge in [-0.25, -0.2) is 9.78 Å². The lowest BCUT2D eigenvalue weighted by Gasteiger charge is -2.34. The normalized spacial score (nSPS) is 15.4. The second-order valence-electron chi connectivity index (χ2n) is 7.51. The molecule has 2 rings (SSSR count). The molecule has 0 radical (unpaired) electrons. The standard InChI is InChI=1S/C19H27BrN2O5/c1-19(2,3)27-18(24)22-8-6-12(7-9-22)13-10-14(20)15(11-16(23)25-4)21-17(13)26-5/h10,12H,6-9,11H2,1-5H3. The third-order valence-corrected chi connectivity index (χ3v) is 5.05. The van der Waals surface area contributed by atoms with Gasteiger partial charge in [0, 0.05) is 23.1 Å². The van der Waals surface area contributed by atoms with E-state index in [4.69, 9.17) is 14.2 Å². The second-order valence-corrected chi connectivity index (χ2v) is 8.36. The van der Waals surface area contributed by atoms with Crippen LogP contribution in [0.25, 0.3) is 0 Å². The fraction of sp³-hybridized carbons (Fsp3) is 0.632. The summed E-state index contributed by atoms with van der Waals surface area (Å²) in [5.41, 5.74) is 1.05. The molecule has 0 atom stereocenters. The summed E-state index contributed by atoms with van der Waals surface area (Å²) in [5, 5.41) is 0. The Hall–Kier alpha value is -1.83. The Balaban J connectivity index is 2.10. The Labute approximate surface area is 168 Å². The summed E-state index contributed by atoms with van der Waals surface area (Å²) >= 11 is 3.49. The van der Waals surface area contributed by atoms with Crippen LogP contribution in [0.15, 0.2) is 10.5 Å². The minimum atomic E-state index is -0.499. The van der Waals surface area contributed by atoms with Crippen molar-refractivity contribution in [2.24, 2.45) is 0 Å². The molecule has 0 spiro atoms. The first-order valence-corrected chi connectivity index (χ1v) is 9.72. The Morgan fingerprint density at radius 1 is 1.26 bits per heavy atom. The van der Waals surface area contributed by atoms with E-state index in [1.807, 2.05) is 26.8 Å². The van der Waals surface area contributed by atoms with Crippen molar-refractivity contribution in [2.45, 2.75) is 51.6 Å². The Bertz CT molecular complexity index is 694. The van der Waals surface area contributed by atoms with Gasteiger partial charge in [-0.2, -0.15) is 0 Å². The molecular weight excluding hydrogens is 416 g/mol. The lowest BCUT2D eigenvalue weighted by Crippen LogP contribution is -2.41. The van der Waals surface area contributed by atoms with E-state index < -0.39 is 5.60 Å². The van der Waals surface area contributed by atoms with E-state index >= 15 is 0 Å². The molecule has 27 heavy (non-hydrogen) atoms. The molecule has 1 amide bonds. The molecule has 1 aromatic heterocycles. The fourth-order valence-electron chi connectivity index (χ4n) is 3.01. The van der Waals surface area contributed by atoms with Crippen LogP contribution >= 0.6 is 15.9 Å². The zero-order valence-electron chi connectivity index (χ0n) is 16.5.